The molecule has 0 saturated carbocycles. The molecule has 104 valence electrons. The van der Waals surface area contributed by atoms with E-state index in [0.717, 1.165) is 0 Å². The van der Waals surface area contributed by atoms with Crippen molar-refractivity contribution in [2.24, 2.45) is 9.98 Å². The number of rotatable bonds is 7. The maximum Gasteiger partial charge on any atom is 0.368 e. The van der Waals surface area contributed by atoms with Gasteiger partial charge < -0.3 is 4.74 Å². The van der Waals surface area contributed by atoms with Gasteiger partial charge in [0.15, 0.2) is 5.78 Å². The Morgan fingerprint density at radius 3 is 2.58 bits per heavy atom. The molecule has 1 aliphatic rings. The molecule has 0 radical (unpaired) electrons. The van der Waals surface area contributed by atoms with E-state index in [1.54, 1.807) is 13.8 Å². The molecule has 0 fully saturated rings. The minimum atomic E-state index is -0.646. The molecular weight excluding hydrogens is 316 g/mol. The van der Waals surface area contributed by atoms with Gasteiger partial charge in [-0.1, -0.05) is 15.9 Å². The number of nitrogens with zero attached hydrogens (tertiary/aromatic N) is 2. The molecule has 2 amide bonds. The Balaban J connectivity index is 2.42. The molecule has 0 aromatic heterocycles. The molecule has 0 aromatic rings. The highest BCUT2D eigenvalue weighted by Crippen LogP contribution is 2.15. The van der Waals surface area contributed by atoms with Crippen molar-refractivity contribution in [3.8, 4) is 0 Å². The van der Waals surface area contributed by atoms with E-state index in [-0.39, 0.29) is 23.9 Å². The number of Topliss-reactive ketones (excluding diaryl/α,β-unsaturated/α-hetero) is 1. The van der Waals surface area contributed by atoms with E-state index in [4.69, 9.17) is 4.74 Å². The molecule has 0 N–H and O–H groups in total. The van der Waals surface area contributed by atoms with E-state index in [0.29, 0.717) is 25.2 Å². The fourth-order valence-corrected chi connectivity index (χ4v) is 2.11. The Labute approximate surface area is 119 Å². The SMILES string of the molecule is CCOC(=O)CCC[C@H](Br)C(=O)C1=NC(=O)N=C1C. The average Bonchev–Trinajstić information content (AvgIpc) is 2.67. The Morgan fingerprint density at radius 2 is 2.05 bits per heavy atom. The quantitative estimate of drug-likeness (QED) is 0.528. The number of esters is 1. The minimum Gasteiger partial charge on any atom is -0.466 e. The first kappa shape index (κ1) is 15.7. The Kier molecular flexibility index (Phi) is 6.01. The molecule has 0 bridgehead atoms. The van der Waals surface area contributed by atoms with Crippen molar-refractivity contribution in [3.05, 3.63) is 0 Å². The number of amides is 2. The van der Waals surface area contributed by atoms with E-state index < -0.39 is 10.9 Å². The zero-order valence-corrected chi connectivity index (χ0v) is 12.4. The molecular formula is C12H15BrN2O4. The highest BCUT2D eigenvalue weighted by Gasteiger charge is 2.27. The van der Waals surface area contributed by atoms with Crippen LogP contribution in [0, 0.1) is 0 Å². The summed E-state index contributed by atoms with van der Waals surface area (Å²) in [6.45, 7) is 3.66. The third kappa shape index (κ3) is 4.66. The van der Waals surface area contributed by atoms with Crippen LogP contribution < -0.4 is 0 Å². The molecule has 0 aliphatic carbocycles. The fourth-order valence-electron chi connectivity index (χ4n) is 1.57. The summed E-state index contributed by atoms with van der Waals surface area (Å²) in [5.41, 5.74) is 0.438. The standard InChI is InChI=1S/C12H15BrN2O4/c1-3-19-9(16)6-4-5-8(13)11(17)10-7(2)14-12(18)15-10/h8H,3-6H2,1-2H3/t8-/m0/s1. The van der Waals surface area contributed by atoms with Gasteiger partial charge in [0.2, 0.25) is 0 Å². The lowest BCUT2D eigenvalue weighted by Crippen LogP contribution is -2.28. The third-order valence-electron chi connectivity index (χ3n) is 2.48. The first-order valence-corrected chi connectivity index (χ1v) is 6.89. The van der Waals surface area contributed by atoms with E-state index >= 15 is 0 Å². The van der Waals surface area contributed by atoms with E-state index in [1.807, 2.05) is 0 Å². The number of aliphatic imine (C=N–C) groups is 2. The number of halogens is 1. The molecule has 1 aliphatic heterocycles. The van der Waals surface area contributed by atoms with Crippen molar-refractivity contribution < 1.29 is 19.1 Å². The van der Waals surface area contributed by atoms with Crippen LogP contribution in [0.1, 0.15) is 33.1 Å². The van der Waals surface area contributed by atoms with Gasteiger partial charge in [-0.15, -0.1) is 0 Å². The monoisotopic (exact) mass is 330 g/mol. The highest BCUT2D eigenvalue weighted by atomic mass is 79.9. The summed E-state index contributed by atoms with van der Waals surface area (Å²) >= 11 is 3.24. The molecule has 6 nitrogen and oxygen atoms in total. The lowest BCUT2D eigenvalue weighted by molar-refractivity contribution is -0.143. The first-order chi connectivity index (χ1) is 8.95. The van der Waals surface area contributed by atoms with Crippen molar-refractivity contribution >= 4 is 45.1 Å². The normalized spacial score (nSPS) is 15.8. The summed E-state index contributed by atoms with van der Waals surface area (Å²) in [4.78, 5) is 40.7. The van der Waals surface area contributed by atoms with Crippen LogP contribution in [0.3, 0.4) is 0 Å². The van der Waals surface area contributed by atoms with Gasteiger partial charge >= 0.3 is 12.0 Å². The Bertz CT molecular complexity index is 457. The predicted molar refractivity (Wildman–Crippen MR) is 74.1 cm³/mol. The molecule has 1 heterocycles. The van der Waals surface area contributed by atoms with Crippen LogP contribution in [0.15, 0.2) is 9.98 Å². The third-order valence-corrected chi connectivity index (χ3v) is 3.35. The molecule has 1 atom stereocenters. The van der Waals surface area contributed by atoms with E-state index in [2.05, 4.69) is 25.9 Å². The summed E-state index contributed by atoms with van der Waals surface area (Å²) in [5.74, 6) is -0.559. The number of hydrogen-bond donors (Lipinski definition) is 0. The molecule has 0 aromatic carbocycles. The maximum atomic E-state index is 12.0. The summed E-state index contributed by atoms with van der Waals surface area (Å²) in [6.07, 6.45) is 1.26. The van der Waals surface area contributed by atoms with Gasteiger partial charge in [-0.05, 0) is 26.7 Å². The van der Waals surface area contributed by atoms with Gasteiger partial charge in [-0.3, -0.25) is 9.59 Å². The van der Waals surface area contributed by atoms with Crippen LogP contribution >= 0.6 is 15.9 Å². The number of hydrogen-bond acceptors (Lipinski definition) is 4. The van der Waals surface area contributed by atoms with Crippen LogP contribution in [0.25, 0.3) is 0 Å². The zero-order chi connectivity index (χ0) is 14.4. The minimum absolute atomic E-state index is 0.100. The summed E-state index contributed by atoms with van der Waals surface area (Å²) in [7, 11) is 0. The van der Waals surface area contributed by atoms with Crippen LogP contribution in [0.4, 0.5) is 4.79 Å². The second kappa shape index (κ2) is 7.28. The highest BCUT2D eigenvalue weighted by molar-refractivity contribution is 9.10. The summed E-state index contributed by atoms with van der Waals surface area (Å²) < 4.78 is 4.79. The van der Waals surface area contributed by atoms with Gasteiger partial charge in [0, 0.05) is 6.42 Å². The smallest absolute Gasteiger partial charge is 0.368 e. The van der Waals surface area contributed by atoms with Crippen molar-refractivity contribution in [1.29, 1.82) is 0 Å². The summed E-state index contributed by atoms with van der Waals surface area (Å²) in [5, 5.41) is 0. The van der Waals surface area contributed by atoms with Gasteiger partial charge in [0.25, 0.3) is 0 Å². The van der Waals surface area contributed by atoms with Crippen molar-refractivity contribution in [1.82, 2.24) is 0 Å². The number of urea groups is 1. The van der Waals surface area contributed by atoms with Crippen LogP contribution in [0.5, 0.6) is 0 Å². The second-order valence-electron chi connectivity index (χ2n) is 3.97. The summed E-state index contributed by atoms with van der Waals surface area (Å²) in [6, 6.07) is -0.646. The van der Waals surface area contributed by atoms with E-state index in [9.17, 15) is 14.4 Å². The number of ketones is 1. The van der Waals surface area contributed by atoms with Gasteiger partial charge in [-0.2, -0.15) is 9.98 Å². The molecule has 0 unspecified atom stereocenters. The Hall–Kier alpha value is -1.37. The van der Waals surface area contributed by atoms with Crippen LogP contribution in [0.2, 0.25) is 0 Å². The van der Waals surface area contributed by atoms with Gasteiger partial charge in [0.05, 0.1) is 17.1 Å². The van der Waals surface area contributed by atoms with E-state index in [1.165, 1.54) is 0 Å². The lowest BCUT2D eigenvalue weighted by Gasteiger charge is -2.08. The molecule has 0 saturated heterocycles. The largest absolute Gasteiger partial charge is 0.466 e. The van der Waals surface area contributed by atoms with Crippen molar-refractivity contribution in [2.75, 3.05) is 6.61 Å². The van der Waals surface area contributed by atoms with Crippen LogP contribution in [-0.2, 0) is 14.3 Å². The second-order valence-corrected chi connectivity index (χ2v) is 5.07. The number of ether oxygens (including phenoxy) is 1. The van der Waals surface area contributed by atoms with Crippen molar-refractivity contribution in [3.63, 3.8) is 0 Å². The average molecular weight is 331 g/mol. The number of carbonyl (C=O) groups excluding carboxylic acids is 3. The number of carbonyl (C=O) groups is 3. The molecule has 1 rings (SSSR count). The topological polar surface area (TPSA) is 85.2 Å². The molecule has 7 heteroatoms. The number of alkyl halides is 1. The van der Waals surface area contributed by atoms with Crippen molar-refractivity contribution in [2.45, 2.75) is 37.9 Å². The predicted octanol–water partition coefficient (Wildman–Crippen LogP) is 2.09. The van der Waals surface area contributed by atoms with Crippen LogP contribution in [-0.4, -0.2) is 40.6 Å². The lowest BCUT2D eigenvalue weighted by atomic mass is 10.1. The first-order valence-electron chi connectivity index (χ1n) is 5.98. The zero-order valence-electron chi connectivity index (χ0n) is 10.8. The molecule has 0 spiro atoms. The fraction of sp³-hybridized carbons (Fsp3) is 0.583. The maximum absolute atomic E-state index is 12.0. The van der Waals surface area contributed by atoms with Gasteiger partial charge in [0.1, 0.15) is 5.71 Å². The Morgan fingerprint density at radius 1 is 1.37 bits per heavy atom. The molecule has 19 heavy (non-hydrogen) atoms. The van der Waals surface area contributed by atoms with Gasteiger partial charge in [-0.25, -0.2) is 4.79 Å².